The zero-order valence-electron chi connectivity index (χ0n) is 9.66. The fraction of sp³-hybridized carbons (Fsp3) is 0.727. The van der Waals surface area contributed by atoms with Crippen LogP contribution < -0.4 is 0 Å². The van der Waals surface area contributed by atoms with Gasteiger partial charge in [0.25, 0.3) is 0 Å². The number of imide groups is 1. The Morgan fingerprint density at radius 1 is 1.40 bits per heavy atom. The molecule has 15 heavy (non-hydrogen) atoms. The summed E-state index contributed by atoms with van der Waals surface area (Å²) in [5, 5.41) is 0. The predicted octanol–water partition coefficient (Wildman–Crippen LogP) is 0.997. The fourth-order valence-corrected chi connectivity index (χ4v) is 1.75. The summed E-state index contributed by atoms with van der Waals surface area (Å²) in [6.45, 7) is 7.09. The number of likely N-dealkylation sites (tertiary alicyclic amines) is 1. The number of carbonyl (C=O) groups excluding carboxylic acids is 3. The van der Waals surface area contributed by atoms with E-state index in [-0.39, 0.29) is 41.9 Å². The third-order valence-corrected chi connectivity index (χ3v) is 2.67. The highest BCUT2D eigenvalue weighted by atomic mass is 16.2. The van der Waals surface area contributed by atoms with Crippen LogP contribution in [-0.2, 0) is 14.4 Å². The van der Waals surface area contributed by atoms with Gasteiger partial charge in [0, 0.05) is 6.42 Å². The van der Waals surface area contributed by atoms with E-state index < -0.39 is 0 Å². The van der Waals surface area contributed by atoms with E-state index in [9.17, 15) is 14.4 Å². The van der Waals surface area contributed by atoms with Crippen molar-refractivity contribution < 1.29 is 14.4 Å². The van der Waals surface area contributed by atoms with Crippen LogP contribution in [0.25, 0.3) is 0 Å². The molecule has 1 saturated heterocycles. The van der Waals surface area contributed by atoms with Crippen molar-refractivity contribution in [2.75, 3.05) is 6.54 Å². The molecule has 0 aliphatic carbocycles. The molecule has 0 saturated carbocycles. The second-order valence-electron chi connectivity index (χ2n) is 5.14. The minimum atomic E-state index is -0.288. The Kier molecular flexibility index (Phi) is 2.98. The zero-order valence-corrected chi connectivity index (χ0v) is 9.66. The summed E-state index contributed by atoms with van der Waals surface area (Å²) in [5.74, 6) is -0.881. The minimum absolute atomic E-state index is 0.0791. The molecule has 0 aromatic carbocycles. The van der Waals surface area contributed by atoms with Crippen LogP contribution in [0.3, 0.4) is 0 Å². The van der Waals surface area contributed by atoms with E-state index in [1.165, 1.54) is 6.92 Å². The lowest BCUT2D eigenvalue weighted by Crippen LogP contribution is -2.36. The van der Waals surface area contributed by atoms with Crippen molar-refractivity contribution in [3.05, 3.63) is 0 Å². The molecule has 0 radical (unpaired) electrons. The van der Waals surface area contributed by atoms with Crippen LogP contribution in [0.5, 0.6) is 0 Å². The summed E-state index contributed by atoms with van der Waals surface area (Å²) in [4.78, 5) is 35.4. The smallest absolute Gasteiger partial charge is 0.233 e. The summed E-state index contributed by atoms with van der Waals surface area (Å²) in [5.41, 5.74) is -0.224. The Hall–Kier alpha value is -1.19. The molecule has 1 atom stereocenters. The SMILES string of the molecule is CC(=O)CN1C(=O)CC(C(C)(C)C)C1=O. The standard InChI is InChI=1S/C11H17NO3/c1-7(13)6-12-9(14)5-8(10(12)15)11(2,3)4/h8H,5-6H2,1-4H3. The van der Waals surface area contributed by atoms with Gasteiger partial charge in [0.05, 0.1) is 12.5 Å². The number of ketones is 1. The first-order valence-electron chi connectivity index (χ1n) is 5.07. The fourth-order valence-electron chi connectivity index (χ4n) is 1.75. The van der Waals surface area contributed by atoms with Crippen LogP contribution in [0, 0.1) is 11.3 Å². The van der Waals surface area contributed by atoms with Gasteiger partial charge in [-0.2, -0.15) is 0 Å². The van der Waals surface area contributed by atoms with E-state index in [0.29, 0.717) is 0 Å². The molecule has 4 nitrogen and oxygen atoms in total. The Morgan fingerprint density at radius 3 is 2.27 bits per heavy atom. The van der Waals surface area contributed by atoms with Crippen LogP contribution in [0.2, 0.25) is 0 Å². The summed E-state index contributed by atoms with van der Waals surface area (Å²) >= 11 is 0. The summed E-state index contributed by atoms with van der Waals surface area (Å²) in [6.07, 6.45) is 0.232. The van der Waals surface area contributed by atoms with Gasteiger partial charge < -0.3 is 0 Å². The lowest BCUT2D eigenvalue weighted by atomic mass is 9.80. The first-order valence-corrected chi connectivity index (χ1v) is 5.07. The number of Topliss-reactive ketones (excluding diaryl/α,β-unsaturated/α-hetero) is 1. The van der Waals surface area contributed by atoms with Crippen molar-refractivity contribution in [1.29, 1.82) is 0 Å². The quantitative estimate of drug-likeness (QED) is 0.640. The molecule has 4 heteroatoms. The highest BCUT2D eigenvalue weighted by molar-refractivity contribution is 6.06. The van der Waals surface area contributed by atoms with Gasteiger partial charge in [0.2, 0.25) is 11.8 Å². The van der Waals surface area contributed by atoms with Gasteiger partial charge >= 0.3 is 0 Å². The summed E-state index contributed by atoms with van der Waals surface area (Å²) in [6, 6.07) is 0. The molecular weight excluding hydrogens is 194 g/mol. The second-order valence-corrected chi connectivity index (χ2v) is 5.14. The maximum atomic E-state index is 11.9. The largest absolute Gasteiger partial charge is 0.298 e. The van der Waals surface area contributed by atoms with Gasteiger partial charge in [0.1, 0.15) is 5.78 Å². The molecule has 1 aliphatic heterocycles. The second kappa shape index (κ2) is 3.76. The van der Waals surface area contributed by atoms with Gasteiger partial charge in [-0.3, -0.25) is 19.3 Å². The third kappa shape index (κ3) is 2.43. The molecule has 2 amide bonds. The Balaban J connectivity index is 2.84. The molecule has 1 unspecified atom stereocenters. The zero-order chi connectivity index (χ0) is 11.8. The molecular formula is C11H17NO3. The normalized spacial score (nSPS) is 22.4. The number of rotatable bonds is 2. The first kappa shape index (κ1) is 11.9. The van der Waals surface area contributed by atoms with Crippen molar-refractivity contribution in [1.82, 2.24) is 4.90 Å². The molecule has 0 N–H and O–H groups in total. The molecule has 84 valence electrons. The minimum Gasteiger partial charge on any atom is -0.298 e. The topological polar surface area (TPSA) is 54.5 Å². The van der Waals surface area contributed by atoms with Crippen LogP contribution in [0.15, 0.2) is 0 Å². The van der Waals surface area contributed by atoms with Gasteiger partial charge in [-0.1, -0.05) is 20.8 Å². The number of nitrogens with zero attached hydrogens (tertiary/aromatic N) is 1. The monoisotopic (exact) mass is 211 g/mol. The van der Waals surface area contributed by atoms with Gasteiger partial charge in [-0.05, 0) is 12.3 Å². The lowest BCUT2D eigenvalue weighted by molar-refractivity contribution is -0.143. The molecule has 1 aliphatic rings. The highest BCUT2D eigenvalue weighted by Gasteiger charge is 2.44. The molecule has 0 aromatic rings. The number of carbonyl (C=O) groups is 3. The summed E-state index contributed by atoms with van der Waals surface area (Å²) < 4.78 is 0. The number of amides is 2. The summed E-state index contributed by atoms with van der Waals surface area (Å²) in [7, 11) is 0. The average Bonchev–Trinajstić information content (AvgIpc) is 2.30. The van der Waals surface area contributed by atoms with Crippen molar-refractivity contribution in [3.8, 4) is 0 Å². The van der Waals surface area contributed by atoms with E-state index in [4.69, 9.17) is 0 Å². The Bertz CT molecular complexity index is 314. The number of hydrogen-bond donors (Lipinski definition) is 0. The van der Waals surface area contributed by atoms with Gasteiger partial charge in [-0.25, -0.2) is 0 Å². The van der Waals surface area contributed by atoms with E-state index in [1.807, 2.05) is 20.8 Å². The van der Waals surface area contributed by atoms with Crippen LogP contribution in [0.4, 0.5) is 0 Å². The van der Waals surface area contributed by atoms with E-state index in [0.717, 1.165) is 4.90 Å². The van der Waals surface area contributed by atoms with Gasteiger partial charge in [0.15, 0.2) is 0 Å². The van der Waals surface area contributed by atoms with Crippen molar-refractivity contribution >= 4 is 17.6 Å². The van der Waals surface area contributed by atoms with E-state index in [2.05, 4.69) is 0 Å². The highest BCUT2D eigenvalue weighted by Crippen LogP contribution is 2.35. The van der Waals surface area contributed by atoms with Crippen molar-refractivity contribution in [2.45, 2.75) is 34.1 Å². The molecule has 0 aromatic heterocycles. The maximum Gasteiger partial charge on any atom is 0.233 e. The Labute approximate surface area is 89.6 Å². The van der Waals surface area contributed by atoms with Crippen LogP contribution >= 0.6 is 0 Å². The van der Waals surface area contributed by atoms with Gasteiger partial charge in [-0.15, -0.1) is 0 Å². The number of hydrogen-bond acceptors (Lipinski definition) is 3. The average molecular weight is 211 g/mol. The third-order valence-electron chi connectivity index (χ3n) is 2.67. The molecule has 1 heterocycles. The predicted molar refractivity (Wildman–Crippen MR) is 55.0 cm³/mol. The van der Waals surface area contributed by atoms with E-state index in [1.54, 1.807) is 0 Å². The Morgan fingerprint density at radius 2 is 1.93 bits per heavy atom. The van der Waals surface area contributed by atoms with Crippen LogP contribution in [-0.4, -0.2) is 29.0 Å². The van der Waals surface area contributed by atoms with Crippen molar-refractivity contribution in [3.63, 3.8) is 0 Å². The maximum absolute atomic E-state index is 11.9. The van der Waals surface area contributed by atoms with Crippen LogP contribution in [0.1, 0.15) is 34.1 Å². The molecule has 0 bridgehead atoms. The van der Waals surface area contributed by atoms with E-state index >= 15 is 0 Å². The first-order chi connectivity index (χ1) is 6.73. The molecule has 0 spiro atoms. The van der Waals surface area contributed by atoms with Crippen molar-refractivity contribution in [2.24, 2.45) is 11.3 Å². The molecule has 1 rings (SSSR count). The lowest BCUT2D eigenvalue weighted by Gasteiger charge is -2.24. The molecule has 1 fully saturated rings.